The van der Waals surface area contributed by atoms with Crippen LogP contribution in [0.25, 0.3) is 0 Å². The second-order valence-corrected chi connectivity index (χ2v) is 7.35. The maximum absolute atomic E-state index is 11.3. The maximum Gasteiger partial charge on any atom is 0.247 e. The molecule has 0 saturated heterocycles. The van der Waals surface area contributed by atoms with Gasteiger partial charge in [-0.2, -0.15) is 0 Å². The number of anilines is 1. The first-order valence-electron chi connectivity index (χ1n) is 4.02. The highest BCUT2D eigenvalue weighted by Gasteiger charge is 2.17. The van der Waals surface area contributed by atoms with Crippen LogP contribution in [0.1, 0.15) is 0 Å². The smallest absolute Gasteiger partial charge is 0.247 e. The SMILES string of the molecule is CS(=O)(=O)CS(=O)(=O)Nc1ccccc1. The lowest BCUT2D eigenvalue weighted by atomic mass is 10.3. The molecule has 84 valence electrons. The van der Waals surface area contributed by atoms with Gasteiger partial charge in [0, 0.05) is 11.9 Å². The standard InChI is InChI=1S/C8H11NO4S2/c1-14(10,11)7-15(12,13)9-8-5-3-2-4-6-8/h2-6,9H,7H2,1H3. The van der Waals surface area contributed by atoms with Gasteiger partial charge in [-0.3, -0.25) is 4.72 Å². The summed E-state index contributed by atoms with van der Waals surface area (Å²) in [4.78, 5) is 0. The fourth-order valence-electron chi connectivity index (χ4n) is 0.997. The van der Waals surface area contributed by atoms with Crippen LogP contribution in [-0.4, -0.2) is 28.2 Å². The first-order valence-corrected chi connectivity index (χ1v) is 7.73. The summed E-state index contributed by atoms with van der Waals surface area (Å²) in [5, 5.41) is -0.908. The molecule has 0 spiro atoms. The summed E-state index contributed by atoms with van der Waals surface area (Å²) in [6.07, 6.45) is 0.872. The Bertz CT molecular complexity index is 519. The van der Waals surface area contributed by atoms with Crippen molar-refractivity contribution in [2.75, 3.05) is 16.1 Å². The number of nitrogens with one attached hydrogen (secondary N) is 1. The first kappa shape index (κ1) is 12.0. The molecule has 0 amide bonds. The fraction of sp³-hybridized carbons (Fsp3) is 0.250. The quantitative estimate of drug-likeness (QED) is 0.839. The highest BCUT2D eigenvalue weighted by Crippen LogP contribution is 2.08. The average molecular weight is 249 g/mol. The van der Waals surface area contributed by atoms with Gasteiger partial charge in [0.05, 0.1) is 0 Å². The van der Waals surface area contributed by atoms with Gasteiger partial charge in [-0.05, 0) is 12.1 Å². The number of hydrogen-bond acceptors (Lipinski definition) is 4. The van der Waals surface area contributed by atoms with Crippen molar-refractivity contribution >= 4 is 25.5 Å². The van der Waals surface area contributed by atoms with Crippen LogP contribution < -0.4 is 4.72 Å². The average Bonchev–Trinajstić information content (AvgIpc) is 1.99. The highest BCUT2D eigenvalue weighted by atomic mass is 32.3. The molecule has 0 radical (unpaired) electrons. The molecule has 0 unspecified atom stereocenters. The topological polar surface area (TPSA) is 80.3 Å². The molecule has 0 saturated carbocycles. The lowest BCUT2D eigenvalue weighted by Gasteiger charge is -2.05. The van der Waals surface area contributed by atoms with E-state index >= 15 is 0 Å². The van der Waals surface area contributed by atoms with E-state index in [4.69, 9.17) is 0 Å². The summed E-state index contributed by atoms with van der Waals surface area (Å²) in [5.74, 6) is 0. The first-order chi connectivity index (χ1) is 6.79. The lowest BCUT2D eigenvalue weighted by Crippen LogP contribution is -2.22. The zero-order chi connectivity index (χ0) is 11.5. The summed E-state index contributed by atoms with van der Waals surface area (Å²) < 4.78 is 46.5. The van der Waals surface area contributed by atoms with Crippen molar-refractivity contribution in [3.05, 3.63) is 30.3 Å². The van der Waals surface area contributed by atoms with Crippen LogP contribution in [0, 0.1) is 0 Å². The second-order valence-electron chi connectivity index (χ2n) is 3.13. The van der Waals surface area contributed by atoms with E-state index in [1.54, 1.807) is 30.3 Å². The van der Waals surface area contributed by atoms with Crippen LogP contribution >= 0.6 is 0 Å². The largest absolute Gasteiger partial charge is 0.283 e. The fourth-order valence-corrected chi connectivity index (χ4v) is 3.98. The minimum atomic E-state index is -3.83. The van der Waals surface area contributed by atoms with Crippen LogP contribution in [-0.2, 0) is 19.9 Å². The molecule has 1 rings (SSSR count). The summed E-state index contributed by atoms with van der Waals surface area (Å²) in [6.45, 7) is 0. The summed E-state index contributed by atoms with van der Waals surface area (Å²) in [5.41, 5.74) is 0.348. The van der Waals surface area contributed by atoms with Crippen LogP contribution in [0.3, 0.4) is 0 Å². The van der Waals surface area contributed by atoms with Crippen molar-refractivity contribution in [1.29, 1.82) is 0 Å². The minimum absolute atomic E-state index is 0.348. The van der Waals surface area contributed by atoms with Crippen molar-refractivity contribution in [3.63, 3.8) is 0 Å². The Kier molecular flexibility index (Phi) is 3.35. The second kappa shape index (κ2) is 4.19. The molecule has 5 nitrogen and oxygen atoms in total. The molecule has 0 bridgehead atoms. The molecular formula is C8H11NO4S2. The minimum Gasteiger partial charge on any atom is -0.283 e. The maximum atomic E-state index is 11.3. The highest BCUT2D eigenvalue weighted by molar-refractivity contribution is 8.08. The Morgan fingerprint density at radius 1 is 1.07 bits per heavy atom. The Labute approximate surface area is 89.1 Å². The van der Waals surface area contributed by atoms with E-state index in [1.807, 2.05) is 0 Å². The number of sulfonamides is 1. The van der Waals surface area contributed by atoms with Crippen LogP contribution in [0.4, 0.5) is 5.69 Å². The number of sulfone groups is 1. The zero-order valence-corrected chi connectivity index (χ0v) is 9.68. The lowest BCUT2D eigenvalue weighted by molar-refractivity contribution is 0.595. The molecule has 0 aromatic heterocycles. The van der Waals surface area contributed by atoms with E-state index in [1.165, 1.54) is 0 Å². The zero-order valence-electron chi connectivity index (χ0n) is 8.04. The normalized spacial score (nSPS) is 12.3. The van der Waals surface area contributed by atoms with Gasteiger partial charge in [-0.15, -0.1) is 0 Å². The third-order valence-electron chi connectivity index (χ3n) is 1.42. The van der Waals surface area contributed by atoms with E-state index in [0.717, 1.165) is 6.26 Å². The number of hydrogen-bond donors (Lipinski definition) is 1. The van der Waals surface area contributed by atoms with Crippen molar-refractivity contribution in [2.45, 2.75) is 0 Å². The predicted octanol–water partition coefficient (Wildman–Crippen LogP) is 0.430. The van der Waals surface area contributed by atoms with Gasteiger partial charge in [0.25, 0.3) is 0 Å². The van der Waals surface area contributed by atoms with Crippen LogP contribution in [0.5, 0.6) is 0 Å². The number of para-hydroxylation sites is 1. The van der Waals surface area contributed by atoms with E-state index in [9.17, 15) is 16.8 Å². The monoisotopic (exact) mass is 249 g/mol. The molecule has 7 heteroatoms. The molecule has 0 aliphatic rings. The Morgan fingerprint density at radius 2 is 1.60 bits per heavy atom. The van der Waals surface area contributed by atoms with Gasteiger partial charge < -0.3 is 0 Å². The molecule has 0 aliphatic carbocycles. The molecule has 1 aromatic rings. The van der Waals surface area contributed by atoms with Gasteiger partial charge in [0.1, 0.15) is 0 Å². The molecular weight excluding hydrogens is 238 g/mol. The number of benzene rings is 1. The van der Waals surface area contributed by atoms with Crippen LogP contribution in [0.15, 0.2) is 30.3 Å². The van der Waals surface area contributed by atoms with Gasteiger partial charge in [-0.1, -0.05) is 18.2 Å². The summed E-state index contributed by atoms with van der Waals surface area (Å²) in [6, 6.07) is 8.12. The van der Waals surface area contributed by atoms with Crippen molar-refractivity contribution in [3.8, 4) is 0 Å². The Hall–Kier alpha value is -1.08. The molecule has 0 heterocycles. The molecule has 15 heavy (non-hydrogen) atoms. The van der Waals surface area contributed by atoms with E-state index in [0.29, 0.717) is 5.69 Å². The number of rotatable bonds is 4. The molecule has 0 fully saturated rings. The van der Waals surface area contributed by atoms with Crippen molar-refractivity contribution < 1.29 is 16.8 Å². The molecule has 0 atom stereocenters. The van der Waals surface area contributed by atoms with E-state index in [-0.39, 0.29) is 0 Å². The van der Waals surface area contributed by atoms with Gasteiger partial charge in [0.15, 0.2) is 14.9 Å². The summed E-state index contributed by atoms with van der Waals surface area (Å²) in [7, 11) is -7.38. The summed E-state index contributed by atoms with van der Waals surface area (Å²) >= 11 is 0. The third-order valence-corrected chi connectivity index (χ3v) is 4.92. The van der Waals surface area contributed by atoms with Gasteiger partial charge in [-0.25, -0.2) is 16.8 Å². The molecule has 1 N–H and O–H groups in total. The van der Waals surface area contributed by atoms with Gasteiger partial charge >= 0.3 is 0 Å². The predicted molar refractivity (Wildman–Crippen MR) is 58.7 cm³/mol. The Morgan fingerprint density at radius 3 is 2.07 bits per heavy atom. The molecule has 0 aliphatic heterocycles. The van der Waals surface area contributed by atoms with Gasteiger partial charge in [0.2, 0.25) is 10.0 Å². The van der Waals surface area contributed by atoms with E-state index < -0.39 is 24.9 Å². The van der Waals surface area contributed by atoms with Crippen molar-refractivity contribution in [1.82, 2.24) is 0 Å². The van der Waals surface area contributed by atoms with Crippen LogP contribution in [0.2, 0.25) is 0 Å². The third kappa shape index (κ3) is 4.80. The Balaban J connectivity index is 2.83. The molecule has 1 aromatic carbocycles. The van der Waals surface area contributed by atoms with Crippen molar-refractivity contribution in [2.24, 2.45) is 0 Å². The van der Waals surface area contributed by atoms with E-state index in [2.05, 4.69) is 4.72 Å².